The minimum absolute atomic E-state index is 0.0858. The van der Waals surface area contributed by atoms with E-state index in [2.05, 4.69) is 0 Å². The van der Waals surface area contributed by atoms with Crippen molar-refractivity contribution in [1.29, 1.82) is 0 Å². The number of aliphatic carboxylic acids is 1. The van der Waals surface area contributed by atoms with Crippen LogP contribution in [0.4, 0.5) is 0 Å². The molecular weight excluding hydrogens is 252 g/mol. The van der Waals surface area contributed by atoms with Crippen LogP contribution >= 0.6 is 0 Å². The Bertz CT molecular complexity index is 546. The van der Waals surface area contributed by atoms with E-state index in [1.165, 1.54) is 0 Å². The summed E-state index contributed by atoms with van der Waals surface area (Å²) < 4.78 is 24.1. The van der Waals surface area contributed by atoms with Gasteiger partial charge in [0.15, 0.2) is 15.1 Å². The van der Waals surface area contributed by atoms with E-state index in [1.54, 1.807) is 13.0 Å². The number of carbonyl (C=O) groups is 1. The molecule has 0 fully saturated rings. The summed E-state index contributed by atoms with van der Waals surface area (Å²) in [7, 11) is -3.66. The van der Waals surface area contributed by atoms with Crippen LogP contribution in [-0.2, 0) is 20.4 Å². The molecule has 1 rings (SSSR count). The van der Waals surface area contributed by atoms with E-state index in [9.17, 15) is 13.2 Å². The molecule has 0 aromatic heterocycles. The molecule has 1 N–H and O–H groups in total. The zero-order valence-corrected chi connectivity index (χ0v) is 11.6. The second kappa shape index (κ2) is 5.52. The zero-order valence-electron chi connectivity index (χ0n) is 10.8. The second-order valence-corrected chi connectivity index (χ2v) is 6.66. The summed E-state index contributed by atoms with van der Waals surface area (Å²) in [5.41, 5.74) is 2.51. The van der Waals surface area contributed by atoms with Crippen LogP contribution in [0.15, 0.2) is 18.2 Å². The van der Waals surface area contributed by atoms with Gasteiger partial charge in [-0.15, -0.1) is 0 Å². The van der Waals surface area contributed by atoms with Crippen molar-refractivity contribution in [1.82, 2.24) is 0 Å². The van der Waals surface area contributed by atoms with Gasteiger partial charge < -0.3 is 5.11 Å². The van der Waals surface area contributed by atoms with Crippen LogP contribution in [0.25, 0.3) is 0 Å². The lowest BCUT2D eigenvalue weighted by molar-refractivity contribution is -0.136. The van der Waals surface area contributed by atoms with Gasteiger partial charge in [0.1, 0.15) is 0 Å². The van der Waals surface area contributed by atoms with Crippen LogP contribution in [0.3, 0.4) is 0 Å². The first kappa shape index (κ1) is 14.7. The van der Waals surface area contributed by atoms with Crippen molar-refractivity contribution in [3.63, 3.8) is 0 Å². The highest BCUT2D eigenvalue weighted by Crippen LogP contribution is 2.18. The molecule has 0 heterocycles. The Morgan fingerprint density at radius 2 is 1.94 bits per heavy atom. The smallest absolute Gasteiger partial charge is 0.321 e. The lowest BCUT2D eigenvalue weighted by Gasteiger charge is -2.13. The monoisotopic (exact) mass is 270 g/mol. The van der Waals surface area contributed by atoms with Crippen LogP contribution < -0.4 is 0 Å². The molecule has 0 radical (unpaired) electrons. The molecule has 1 aromatic carbocycles. The summed E-state index contributed by atoms with van der Waals surface area (Å²) in [5.74, 6) is -1.49. The van der Waals surface area contributed by atoms with Gasteiger partial charge in [0, 0.05) is 0 Å². The van der Waals surface area contributed by atoms with Gasteiger partial charge in [-0.25, -0.2) is 8.42 Å². The number of carboxylic acids is 1. The summed E-state index contributed by atoms with van der Waals surface area (Å²) in [6.45, 7) is 5.27. The van der Waals surface area contributed by atoms with E-state index in [-0.39, 0.29) is 12.2 Å². The van der Waals surface area contributed by atoms with Crippen molar-refractivity contribution in [2.24, 2.45) is 0 Å². The number of rotatable bonds is 5. The maximum Gasteiger partial charge on any atom is 0.321 e. The number of carboxylic acid groups (broad SMARTS) is 1. The third-order valence-electron chi connectivity index (χ3n) is 2.94. The molecule has 0 aliphatic heterocycles. The fraction of sp³-hybridized carbons (Fsp3) is 0.462. The number of hydrogen-bond acceptors (Lipinski definition) is 3. The van der Waals surface area contributed by atoms with Crippen LogP contribution in [0, 0.1) is 13.8 Å². The number of benzene rings is 1. The minimum Gasteiger partial charge on any atom is -0.480 e. The molecule has 0 spiro atoms. The molecule has 1 unspecified atom stereocenters. The van der Waals surface area contributed by atoms with Gasteiger partial charge in [0.05, 0.1) is 5.75 Å². The highest BCUT2D eigenvalue weighted by molar-refractivity contribution is 7.92. The molecule has 100 valence electrons. The molecule has 18 heavy (non-hydrogen) atoms. The van der Waals surface area contributed by atoms with Crippen molar-refractivity contribution < 1.29 is 18.3 Å². The molecule has 0 aliphatic rings. The van der Waals surface area contributed by atoms with Crippen molar-refractivity contribution >= 4 is 15.8 Å². The van der Waals surface area contributed by atoms with E-state index in [0.717, 1.165) is 11.1 Å². The van der Waals surface area contributed by atoms with E-state index < -0.39 is 21.1 Å². The summed E-state index contributed by atoms with van der Waals surface area (Å²) in [6.07, 6.45) is 0.0858. The molecule has 0 amide bonds. The maximum absolute atomic E-state index is 12.1. The van der Waals surface area contributed by atoms with Crippen LogP contribution in [0.5, 0.6) is 0 Å². The third-order valence-corrected chi connectivity index (χ3v) is 5.06. The Morgan fingerprint density at radius 3 is 2.44 bits per heavy atom. The van der Waals surface area contributed by atoms with E-state index in [4.69, 9.17) is 5.11 Å². The van der Waals surface area contributed by atoms with Gasteiger partial charge in [-0.2, -0.15) is 0 Å². The lowest BCUT2D eigenvalue weighted by Crippen LogP contribution is -2.30. The molecule has 5 heteroatoms. The van der Waals surface area contributed by atoms with Gasteiger partial charge >= 0.3 is 5.97 Å². The highest BCUT2D eigenvalue weighted by Gasteiger charge is 2.31. The number of hydrogen-bond donors (Lipinski definition) is 1. The normalized spacial score (nSPS) is 13.3. The first-order valence-electron chi connectivity index (χ1n) is 5.78. The van der Waals surface area contributed by atoms with Gasteiger partial charge in [0.25, 0.3) is 0 Å². The summed E-state index contributed by atoms with van der Waals surface area (Å²) in [5, 5.41) is 7.61. The summed E-state index contributed by atoms with van der Waals surface area (Å²) in [6, 6.07) is 5.54. The lowest BCUT2D eigenvalue weighted by atomic mass is 10.1. The Kier molecular flexibility index (Phi) is 4.51. The quantitative estimate of drug-likeness (QED) is 0.889. The van der Waals surface area contributed by atoms with Crippen LogP contribution in [0.2, 0.25) is 0 Å². The Balaban J connectivity index is 3.09. The Morgan fingerprint density at radius 1 is 1.33 bits per heavy atom. The first-order valence-corrected chi connectivity index (χ1v) is 7.50. The Labute approximate surface area is 108 Å². The van der Waals surface area contributed by atoms with Crippen LogP contribution in [0.1, 0.15) is 30.0 Å². The number of aryl methyl sites for hydroxylation is 2. The van der Waals surface area contributed by atoms with Gasteiger partial charge in [-0.1, -0.05) is 30.7 Å². The minimum atomic E-state index is -3.66. The van der Waals surface area contributed by atoms with Crippen molar-refractivity contribution in [2.75, 3.05) is 0 Å². The summed E-state index contributed by atoms with van der Waals surface area (Å²) in [4.78, 5) is 10.9. The predicted molar refractivity (Wildman–Crippen MR) is 70.3 cm³/mol. The van der Waals surface area contributed by atoms with Gasteiger partial charge in [-0.3, -0.25) is 4.79 Å². The van der Waals surface area contributed by atoms with E-state index in [1.807, 2.05) is 26.0 Å². The van der Waals surface area contributed by atoms with Crippen molar-refractivity contribution in [2.45, 2.75) is 38.2 Å². The third kappa shape index (κ3) is 3.32. The molecule has 0 bridgehead atoms. The average molecular weight is 270 g/mol. The van der Waals surface area contributed by atoms with Gasteiger partial charge in [-0.05, 0) is 31.4 Å². The fourth-order valence-corrected chi connectivity index (χ4v) is 3.62. The van der Waals surface area contributed by atoms with Crippen molar-refractivity contribution in [3.8, 4) is 0 Å². The number of sulfone groups is 1. The zero-order chi connectivity index (χ0) is 13.9. The SMILES string of the molecule is CCC(C(=O)O)S(=O)(=O)Cc1cc(C)ccc1C. The topological polar surface area (TPSA) is 71.4 Å². The molecular formula is C13H18O4S. The van der Waals surface area contributed by atoms with Crippen molar-refractivity contribution in [3.05, 3.63) is 34.9 Å². The fourth-order valence-electron chi connectivity index (χ4n) is 1.86. The van der Waals surface area contributed by atoms with E-state index in [0.29, 0.717) is 5.56 Å². The van der Waals surface area contributed by atoms with Gasteiger partial charge in [0.2, 0.25) is 0 Å². The largest absolute Gasteiger partial charge is 0.480 e. The summed E-state index contributed by atoms with van der Waals surface area (Å²) >= 11 is 0. The second-order valence-electron chi connectivity index (χ2n) is 4.47. The Hall–Kier alpha value is -1.36. The van der Waals surface area contributed by atoms with E-state index >= 15 is 0 Å². The maximum atomic E-state index is 12.1. The molecule has 0 aliphatic carbocycles. The highest BCUT2D eigenvalue weighted by atomic mass is 32.2. The first-order chi connectivity index (χ1) is 8.27. The standard InChI is InChI=1S/C13H18O4S/c1-4-12(13(14)15)18(16,17)8-11-7-9(2)5-6-10(11)3/h5-7,12H,4,8H2,1-3H3,(H,14,15). The molecule has 1 atom stereocenters. The predicted octanol–water partition coefficient (Wildman–Crippen LogP) is 2.08. The molecule has 0 saturated carbocycles. The molecule has 4 nitrogen and oxygen atoms in total. The molecule has 0 saturated heterocycles. The average Bonchev–Trinajstić information content (AvgIpc) is 2.22. The molecule has 1 aromatic rings. The van der Waals surface area contributed by atoms with Crippen LogP contribution in [-0.4, -0.2) is 24.7 Å².